The molecule has 1 unspecified atom stereocenters. The Morgan fingerprint density at radius 3 is 2.48 bits per heavy atom. The van der Waals surface area contributed by atoms with Gasteiger partial charge in [0.2, 0.25) is 0 Å². The molecular formula is C18H17N5O4. The van der Waals surface area contributed by atoms with Crippen LogP contribution in [-0.2, 0) is 5.41 Å². The molecule has 27 heavy (non-hydrogen) atoms. The van der Waals surface area contributed by atoms with Gasteiger partial charge in [-0.3, -0.25) is 25.7 Å². The van der Waals surface area contributed by atoms with Crippen LogP contribution in [-0.4, -0.2) is 16.1 Å². The topological polar surface area (TPSA) is 134 Å². The average Bonchev–Trinajstić information content (AvgIpc) is 2.67. The van der Waals surface area contributed by atoms with Crippen LogP contribution in [0.25, 0.3) is 0 Å². The highest BCUT2D eigenvalue weighted by atomic mass is 16.6. The van der Waals surface area contributed by atoms with Gasteiger partial charge in [0.25, 0.3) is 5.69 Å². The second kappa shape index (κ2) is 8.53. The molecule has 0 aromatic heterocycles. The Kier molecular flexibility index (Phi) is 6.17. The number of hydrogen-bond acceptors (Lipinski definition) is 7. The zero-order valence-electron chi connectivity index (χ0n) is 14.5. The SMILES string of the molecule is CC(/C=N/Nc1ccc([N+](=O)[O-])cc1[N+](=O)[O-])(CCC#N)c1ccccc1. The number of hydrogen-bond donors (Lipinski definition) is 1. The number of rotatable bonds is 8. The second-order valence-electron chi connectivity index (χ2n) is 6.03. The predicted molar refractivity (Wildman–Crippen MR) is 101 cm³/mol. The van der Waals surface area contributed by atoms with E-state index >= 15 is 0 Å². The van der Waals surface area contributed by atoms with Crippen molar-refractivity contribution in [1.82, 2.24) is 0 Å². The first-order valence-electron chi connectivity index (χ1n) is 8.03. The fourth-order valence-corrected chi connectivity index (χ4v) is 2.54. The number of nitrogens with zero attached hydrogens (tertiary/aromatic N) is 4. The van der Waals surface area contributed by atoms with Gasteiger partial charge in [-0.2, -0.15) is 10.4 Å². The minimum Gasteiger partial charge on any atom is -0.272 e. The predicted octanol–water partition coefficient (Wildman–Crippen LogP) is 4.16. The molecule has 1 atom stereocenters. The number of nitro groups is 2. The van der Waals surface area contributed by atoms with E-state index in [0.717, 1.165) is 17.7 Å². The lowest BCUT2D eigenvalue weighted by atomic mass is 9.80. The molecule has 2 rings (SSSR count). The van der Waals surface area contributed by atoms with Crippen molar-refractivity contribution in [2.24, 2.45) is 5.10 Å². The van der Waals surface area contributed by atoms with Crippen molar-refractivity contribution in [2.45, 2.75) is 25.2 Å². The third-order valence-electron chi connectivity index (χ3n) is 4.11. The summed E-state index contributed by atoms with van der Waals surface area (Å²) in [7, 11) is 0. The molecule has 0 saturated carbocycles. The molecule has 138 valence electrons. The lowest BCUT2D eigenvalue weighted by Gasteiger charge is -2.24. The molecule has 9 heteroatoms. The Hall–Kier alpha value is -3.80. The first kappa shape index (κ1) is 19.5. The van der Waals surface area contributed by atoms with E-state index < -0.39 is 20.9 Å². The van der Waals surface area contributed by atoms with Gasteiger partial charge in [0, 0.05) is 24.1 Å². The van der Waals surface area contributed by atoms with Gasteiger partial charge in [-0.1, -0.05) is 37.3 Å². The summed E-state index contributed by atoms with van der Waals surface area (Å²) in [4.78, 5) is 20.6. The Balaban J connectivity index is 2.29. The monoisotopic (exact) mass is 367 g/mol. The maximum atomic E-state index is 11.2. The van der Waals surface area contributed by atoms with Crippen LogP contribution in [0.4, 0.5) is 17.1 Å². The Bertz CT molecular complexity index is 908. The normalized spacial score (nSPS) is 12.9. The van der Waals surface area contributed by atoms with E-state index in [2.05, 4.69) is 16.6 Å². The number of nitro benzene ring substituents is 2. The second-order valence-corrected chi connectivity index (χ2v) is 6.03. The number of non-ortho nitro benzene ring substituents is 1. The Labute approximate surface area is 155 Å². The molecule has 0 fully saturated rings. The summed E-state index contributed by atoms with van der Waals surface area (Å²) in [6.07, 6.45) is 2.42. The van der Waals surface area contributed by atoms with E-state index in [1.165, 1.54) is 6.07 Å². The third-order valence-corrected chi connectivity index (χ3v) is 4.11. The molecular weight excluding hydrogens is 350 g/mol. The number of nitriles is 1. The van der Waals surface area contributed by atoms with Crippen LogP contribution >= 0.6 is 0 Å². The van der Waals surface area contributed by atoms with Gasteiger partial charge < -0.3 is 0 Å². The minimum absolute atomic E-state index is 0.0394. The lowest BCUT2D eigenvalue weighted by molar-refractivity contribution is -0.393. The van der Waals surface area contributed by atoms with Crippen LogP contribution in [0.2, 0.25) is 0 Å². The van der Waals surface area contributed by atoms with Crippen molar-refractivity contribution in [2.75, 3.05) is 5.43 Å². The number of nitrogens with one attached hydrogen (secondary N) is 1. The van der Waals surface area contributed by atoms with Gasteiger partial charge >= 0.3 is 5.69 Å². The summed E-state index contributed by atoms with van der Waals surface area (Å²) in [6.45, 7) is 1.91. The molecule has 0 spiro atoms. The molecule has 9 nitrogen and oxygen atoms in total. The zero-order chi connectivity index (χ0) is 19.9. The maximum absolute atomic E-state index is 11.2. The van der Waals surface area contributed by atoms with Crippen molar-refractivity contribution < 1.29 is 9.85 Å². The highest BCUT2D eigenvalue weighted by Crippen LogP contribution is 2.30. The van der Waals surface area contributed by atoms with E-state index in [1.807, 2.05) is 37.3 Å². The van der Waals surface area contributed by atoms with E-state index in [9.17, 15) is 20.2 Å². The molecule has 1 N–H and O–H groups in total. The minimum atomic E-state index is -0.711. The number of anilines is 1. The van der Waals surface area contributed by atoms with Gasteiger partial charge in [-0.05, 0) is 18.1 Å². The number of hydrazone groups is 1. The van der Waals surface area contributed by atoms with Gasteiger partial charge in [0.05, 0.1) is 22.0 Å². The standard InChI is InChI=1S/C18H17N5O4/c1-18(10-5-11-19,14-6-3-2-4-7-14)13-20-21-16-9-8-15(22(24)25)12-17(16)23(26)27/h2-4,6-9,12-13,21H,5,10H2,1H3/b20-13+. The lowest BCUT2D eigenvalue weighted by Crippen LogP contribution is -2.24. The van der Waals surface area contributed by atoms with Gasteiger partial charge in [-0.15, -0.1) is 0 Å². The third kappa shape index (κ3) is 4.85. The van der Waals surface area contributed by atoms with Gasteiger partial charge in [0.15, 0.2) is 0 Å². The number of benzene rings is 2. The molecule has 0 bridgehead atoms. The summed E-state index contributed by atoms with van der Waals surface area (Å²) in [5, 5.41) is 35.0. The molecule has 0 aliphatic carbocycles. The molecule has 0 saturated heterocycles. The van der Waals surface area contributed by atoms with Crippen LogP contribution < -0.4 is 5.43 Å². The van der Waals surface area contributed by atoms with Crippen LogP contribution in [0.1, 0.15) is 25.3 Å². The molecule has 0 aliphatic rings. The summed E-state index contributed by atoms with van der Waals surface area (Å²) in [5.74, 6) is 0. The van der Waals surface area contributed by atoms with Crippen LogP contribution in [0, 0.1) is 31.6 Å². The molecule has 0 radical (unpaired) electrons. The summed E-state index contributed by atoms with van der Waals surface area (Å²) < 4.78 is 0. The molecule has 0 amide bonds. The highest BCUT2D eigenvalue weighted by Gasteiger charge is 2.25. The van der Waals surface area contributed by atoms with Crippen molar-refractivity contribution >= 4 is 23.3 Å². The Morgan fingerprint density at radius 1 is 1.19 bits per heavy atom. The van der Waals surface area contributed by atoms with Gasteiger partial charge in [0.1, 0.15) is 5.69 Å². The molecule has 2 aromatic rings. The van der Waals surface area contributed by atoms with E-state index in [-0.39, 0.29) is 11.4 Å². The van der Waals surface area contributed by atoms with E-state index in [1.54, 1.807) is 6.21 Å². The molecule has 0 aliphatic heterocycles. The maximum Gasteiger partial charge on any atom is 0.301 e. The van der Waals surface area contributed by atoms with Crippen LogP contribution in [0.15, 0.2) is 53.6 Å². The first-order valence-corrected chi connectivity index (χ1v) is 8.03. The highest BCUT2D eigenvalue weighted by molar-refractivity contribution is 5.75. The fourth-order valence-electron chi connectivity index (χ4n) is 2.54. The molecule has 0 heterocycles. The van der Waals surface area contributed by atoms with Crippen molar-refractivity contribution in [3.05, 3.63) is 74.3 Å². The first-order chi connectivity index (χ1) is 12.9. The summed E-state index contributed by atoms with van der Waals surface area (Å²) in [6, 6.07) is 14.9. The van der Waals surface area contributed by atoms with Crippen molar-refractivity contribution in [3.63, 3.8) is 0 Å². The van der Waals surface area contributed by atoms with Gasteiger partial charge in [-0.25, -0.2) is 0 Å². The summed E-state index contributed by atoms with van der Waals surface area (Å²) in [5.41, 5.74) is 2.20. The van der Waals surface area contributed by atoms with Crippen LogP contribution in [0.5, 0.6) is 0 Å². The van der Waals surface area contributed by atoms with Crippen molar-refractivity contribution in [1.29, 1.82) is 5.26 Å². The smallest absolute Gasteiger partial charge is 0.272 e. The van der Waals surface area contributed by atoms with E-state index in [4.69, 9.17) is 5.26 Å². The largest absolute Gasteiger partial charge is 0.301 e. The summed E-state index contributed by atoms with van der Waals surface area (Å²) >= 11 is 0. The Morgan fingerprint density at radius 2 is 1.89 bits per heavy atom. The molecule has 2 aromatic carbocycles. The average molecular weight is 367 g/mol. The zero-order valence-corrected chi connectivity index (χ0v) is 14.5. The quantitative estimate of drug-likeness (QED) is 0.423. The fraction of sp³-hybridized carbons (Fsp3) is 0.222. The van der Waals surface area contributed by atoms with Crippen LogP contribution in [0.3, 0.4) is 0 Å². The van der Waals surface area contributed by atoms with E-state index in [0.29, 0.717) is 12.8 Å². The van der Waals surface area contributed by atoms with Crippen molar-refractivity contribution in [3.8, 4) is 6.07 Å².